The predicted octanol–water partition coefficient (Wildman–Crippen LogP) is 4.47. The van der Waals surface area contributed by atoms with Gasteiger partial charge >= 0.3 is 0 Å². The summed E-state index contributed by atoms with van der Waals surface area (Å²) in [5.41, 5.74) is 4.71. The number of rotatable bonds is 4. The topological polar surface area (TPSA) is 47.8 Å². The van der Waals surface area contributed by atoms with Gasteiger partial charge in [0.05, 0.1) is 11.9 Å². The fraction of sp³-hybridized carbons (Fsp3) is 0.0455. The highest BCUT2D eigenvalue weighted by atomic mass is 16.1. The summed E-state index contributed by atoms with van der Waals surface area (Å²) in [6.07, 6.45) is 1.85. The normalized spacial score (nSPS) is 10.7. The molecule has 0 radical (unpaired) electrons. The van der Waals surface area contributed by atoms with Crippen molar-refractivity contribution in [3.8, 4) is 16.9 Å². The third-order valence-corrected chi connectivity index (χ3v) is 4.25. The molecule has 0 aliphatic rings. The number of hydrogen-bond donors (Lipinski definition) is 0. The van der Waals surface area contributed by atoms with Crippen LogP contribution in [0.2, 0.25) is 0 Å². The van der Waals surface area contributed by atoms with Crippen molar-refractivity contribution in [1.29, 1.82) is 0 Å². The quantitative estimate of drug-likeness (QED) is 0.515. The first-order valence-electron chi connectivity index (χ1n) is 8.41. The molecular formula is C22H17N3O. The van der Waals surface area contributed by atoms with Gasteiger partial charge in [0, 0.05) is 16.7 Å². The lowest BCUT2D eigenvalue weighted by molar-refractivity contribution is 0.103. The molecule has 0 aliphatic carbocycles. The summed E-state index contributed by atoms with van der Waals surface area (Å²) in [7, 11) is 0. The zero-order chi connectivity index (χ0) is 17.9. The van der Waals surface area contributed by atoms with Gasteiger partial charge in [-0.15, -0.1) is 5.10 Å². The van der Waals surface area contributed by atoms with Crippen LogP contribution in [0.4, 0.5) is 0 Å². The highest BCUT2D eigenvalue weighted by Crippen LogP contribution is 2.26. The molecule has 126 valence electrons. The van der Waals surface area contributed by atoms with Crippen LogP contribution in [0.15, 0.2) is 85.1 Å². The van der Waals surface area contributed by atoms with Gasteiger partial charge in [-0.1, -0.05) is 71.4 Å². The molecule has 0 unspecified atom stereocenters. The molecule has 0 atom stereocenters. The van der Waals surface area contributed by atoms with Crippen molar-refractivity contribution in [3.63, 3.8) is 0 Å². The maximum absolute atomic E-state index is 13.0. The van der Waals surface area contributed by atoms with E-state index in [9.17, 15) is 4.79 Å². The van der Waals surface area contributed by atoms with Gasteiger partial charge in [-0.05, 0) is 25.1 Å². The molecule has 1 aromatic heterocycles. The van der Waals surface area contributed by atoms with E-state index in [1.165, 1.54) is 0 Å². The summed E-state index contributed by atoms with van der Waals surface area (Å²) < 4.78 is 1.71. The molecule has 26 heavy (non-hydrogen) atoms. The number of benzene rings is 3. The van der Waals surface area contributed by atoms with Gasteiger partial charge in [-0.3, -0.25) is 4.79 Å². The van der Waals surface area contributed by atoms with E-state index in [4.69, 9.17) is 0 Å². The maximum Gasteiger partial charge on any atom is 0.193 e. The molecule has 4 nitrogen and oxygen atoms in total. The Morgan fingerprint density at radius 3 is 2.31 bits per heavy atom. The van der Waals surface area contributed by atoms with Crippen molar-refractivity contribution >= 4 is 5.78 Å². The van der Waals surface area contributed by atoms with Crippen LogP contribution < -0.4 is 0 Å². The van der Waals surface area contributed by atoms with Gasteiger partial charge in [-0.25, -0.2) is 4.68 Å². The standard InChI is InChI=1S/C22H17N3O/c1-16-12-13-19(20(14-16)22(26)17-8-4-2-5-9-17)21-15-25(24-23-21)18-10-6-3-7-11-18/h2-15H,1H3. The minimum Gasteiger partial charge on any atom is -0.289 e. The highest BCUT2D eigenvalue weighted by Gasteiger charge is 2.17. The number of carbonyl (C=O) groups excluding carboxylic acids is 1. The van der Waals surface area contributed by atoms with Crippen LogP contribution >= 0.6 is 0 Å². The van der Waals surface area contributed by atoms with Gasteiger partial charge in [0.1, 0.15) is 5.69 Å². The highest BCUT2D eigenvalue weighted by molar-refractivity contribution is 6.12. The Hall–Kier alpha value is -3.53. The van der Waals surface area contributed by atoms with Crippen molar-refractivity contribution < 1.29 is 4.79 Å². The number of aromatic nitrogens is 3. The van der Waals surface area contributed by atoms with E-state index in [0.717, 1.165) is 16.8 Å². The lowest BCUT2D eigenvalue weighted by atomic mass is 9.95. The fourth-order valence-corrected chi connectivity index (χ4v) is 2.91. The summed E-state index contributed by atoms with van der Waals surface area (Å²) in [4.78, 5) is 13.0. The van der Waals surface area contributed by atoms with Crippen LogP contribution in [-0.2, 0) is 0 Å². The number of hydrogen-bond acceptors (Lipinski definition) is 3. The fourth-order valence-electron chi connectivity index (χ4n) is 2.91. The predicted molar refractivity (Wildman–Crippen MR) is 101 cm³/mol. The largest absolute Gasteiger partial charge is 0.289 e. The third kappa shape index (κ3) is 3.05. The maximum atomic E-state index is 13.0. The second-order valence-corrected chi connectivity index (χ2v) is 6.13. The third-order valence-electron chi connectivity index (χ3n) is 4.25. The number of aryl methyl sites for hydroxylation is 1. The molecule has 0 saturated carbocycles. The van der Waals surface area contributed by atoms with Gasteiger partial charge in [0.15, 0.2) is 5.78 Å². The first-order valence-corrected chi connectivity index (χ1v) is 8.41. The van der Waals surface area contributed by atoms with E-state index in [-0.39, 0.29) is 5.78 Å². The molecule has 0 amide bonds. The molecule has 4 heteroatoms. The van der Waals surface area contributed by atoms with Crippen LogP contribution in [0.5, 0.6) is 0 Å². The number of para-hydroxylation sites is 1. The molecule has 0 spiro atoms. The number of ketones is 1. The van der Waals surface area contributed by atoms with Gasteiger partial charge in [0.25, 0.3) is 0 Å². The van der Waals surface area contributed by atoms with E-state index in [2.05, 4.69) is 10.3 Å². The Morgan fingerprint density at radius 1 is 0.885 bits per heavy atom. The van der Waals surface area contributed by atoms with Crippen molar-refractivity contribution in [2.75, 3.05) is 0 Å². The van der Waals surface area contributed by atoms with Crippen molar-refractivity contribution in [2.45, 2.75) is 6.92 Å². The Kier molecular flexibility index (Phi) is 4.15. The zero-order valence-corrected chi connectivity index (χ0v) is 14.3. The second-order valence-electron chi connectivity index (χ2n) is 6.13. The zero-order valence-electron chi connectivity index (χ0n) is 14.3. The van der Waals surface area contributed by atoms with Crippen LogP contribution in [0.3, 0.4) is 0 Å². The Balaban J connectivity index is 1.79. The molecule has 4 rings (SSSR count). The average Bonchev–Trinajstić information content (AvgIpc) is 3.19. The first kappa shape index (κ1) is 16.0. The van der Waals surface area contributed by atoms with Crippen LogP contribution in [0.25, 0.3) is 16.9 Å². The van der Waals surface area contributed by atoms with E-state index >= 15 is 0 Å². The van der Waals surface area contributed by atoms with E-state index in [0.29, 0.717) is 16.8 Å². The Morgan fingerprint density at radius 2 is 1.58 bits per heavy atom. The smallest absolute Gasteiger partial charge is 0.193 e. The van der Waals surface area contributed by atoms with Gasteiger partial charge in [-0.2, -0.15) is 0 Å². The lowest BCUT2D eigenvalue weighted by Gasteiger charge is -2.08. The molecule has 0 aliphatic heterocycles. The van der Waals surface area contributed by atoms with Gasteiger partial charge < -0.3 is 0 Å². The molecule has 3 aromatic carbocycles. The summed E-state index contributed by atoms with van der Waals surface area (Å²) in [5.74, 6) is -0.0152. The monoisotopic (exact) mass is 339 g/mol. The van der Waals surface area contributed by atoms with E-state index in [1.807, 2.05) is 92.0 Å². The molecule has 0 bridgehead atoms. The minimum absolute atomic E-state index is 0.0152. The van der Waals surface area contributed by atoms with E-state index in [1.54, 1.807) is 4.68 Å². The molecule has 1 heterocycles. The Labute approximate surface area is 151 Å². The average molecular weight is 339 g/mol. The summed E-state index contributed by atoms with van der Waals surface area (Å²) >= 11 is 0. The summed E-state index contributed by atoms with van der Waals surface area (Å²) in [6.45, 7) is 1.98. The second kappa shape index (κ2) is 6.76. The van der Waals surface area contributed by atoms with Crippen LogP contribution in [0, 0.1) is 6.92 Å². The van der Waals surface area contributed by atoms with E-state index < -0.39 is 0 Å². The summed E-state index contributed by atoms with van der Waals surface area (Å²) in [6, 6.07) is 24.9. The Bertz CT molecular complexity index is 1050. The molecular weight excluding hydrogens is 322 g/mol. The van der Waals surface area contributed by atoms with Gasteiger partial charge in [0.2, 0.25) is 0 Å². The lowest BCUT2D eigenvalue weighted by Crippen LogP contribution is -2.04. The first-order chi connectivity index (χ1) is 12.7. The SMILES string of the molecule is Cc1ccc(-c2cn(-c3ccccc3)nn2)c(C(=O)c2ccccc2)c1. The minimum atomic E-state index is -0.0152. The van der Waals surface area contributed by atoms with Crippen molar-refractivity contribution in [3.05, 3.63) is 102 Å². The molecule has 0 N–H and O–H groups in total. The molecule has 0 fully saturated rings. The van der Waals surface area contributed by atoms with Crippen molar-refractivity contribution in [2.24, 2.45) is 0 Å². The number of carbonyl (C=O) groups is 1. The van der Waals surface area contributed by atoms with Crippen molar-refractivity contribution in [1.82, 2.24) is 15.0 Å². The number of nitrogens with zero attached hydrogens (tertiary/aromatic N) is 3. The van der Waals surface area contributed by atoms with Crippen LogP contribution in [0.1, 0.15) is 21.5 Å². The molecule has 0 saturated heterocycles. The van der Waals surface area contributed by atoms with Crippen LogP contribution in [-0.4, -0.2) is 20.8 Å². The summed E-state index contributed by atoms with van der Waals surface area (Å²) in [5, 5.41) is 8.50. The molecule has 4 aromatic rings.